The van der Waals surface area contributed by atoms with Crippen LogP contribution in [0, 0.1) is 6.92 Å². The van der Waals surface area contributed by atoms with Crippen LogP contribution < -0.4 is 4.90 Å². The number of hydrogen-bond acceptors (Lipinski definition) is 5. The van der Waals surface area contributed by atoms with E-state index in [2.05, 4.69) is 63.2 Å². The van der Waals surface area contributed by atoms with Gasteiger partial charge in [0.2, 0.25) is 11.9 Å². The van der Waals surface area contributed by atoms with Gasteiger partial charge in [0.15, 0.2) is 0 Å². The molecule has 0 spiro atoms. The zero-order valence-corrected chi connectivity index (χ0v) is 20.0. The highest BCUT2D eigenvalue weighted by Crippen LogP contribution is 2.27. The van der Waals surface area contributed by atoms with Crippen molar-refractivity contribution in [2.45, 2.75) is 26.2 Å². The number of piperazine rings is 1. The average molecular weight is 467 g/mol. The summed E-state index contributed by atoms with van der Waals surface area (Å²) in [5.41, 5.74) is 5.40. The average Bonchev–Trinajstić information content (AvgIpc) is 3.34. The zero-order valence-electron chi connectivity index (χ0n) is 20.0. The first-order chi connectivity index (χ1) is 17.2. The molecule has 0 radical (unpaired) electrons. The molecule has 1 amide bonds. The number of carbonyl (C=O) groups excluding carboxylic acids is 1. The maximum atomic E-state index is 12.9. The van der Waals surface area contributed by atoms with E-state index in [0.717, 1.165) is 60.2 Å². The van der Waals surface area contributed by atoms with Crippen LogP contribution in [0.5, 0.6) is 0 Å². The van der Waals surface area contributed by atoms with Gasteiger partial charge in [-0.15, -0.1) is 0 Å². The molecule has 0 unspecified atom stereocenters. The molecular weight excluding hydrogens is 436 g/mol. The third-order valence-corrected chi connectivity index (χ3v) is 6.40. The predicted octanol–water partition coefficient (Wildman–Crippen LogP) is 4.51. The molecule has 3 heterocycles. The molecule has 2 aromatic heterocycles. The van der Waals surface area contributed by atoms with Gasteiger partial charge in [0, 0.05) is 61.8 Å². The fourth-order valence-electron chi connectivity index (χ4n) is 4.54. The maximum absolute atomic E-state index is 12.9. The van der Waals surface area contributed by atoms with Crippen molar-refractivity contribution in [3.63, 3.8) is 0 Å². The largest absolute Gasteiger partial charge is 0.341 e. The summed E-state index contributed by atoms with van der Waals surface area (Å²) in [6.07, 6.45) is 5.57. The number of carbonyl (C=O) groups is 1. The molecular formula is C28H30N6O. The fraction of sp³-hybridized carbons (Fsp3) is 0.286. The number of rotatable bonds is 7. The highest BCUT2D eigenvalue weighted by atomic mass is 16.2. The molecule has 1 saturated heterocycles. The lowest BCUT2D eigenvalue weighted by molar-refractivity contribution is -0.131. The van der Waals surface area contributed by atoms with Crippen LogP contribution >= 0.6 is 0 Å². The monoisotopic (exact) mass is 466 g/mol. The molecule has 1 aliphatic heterocycles. The number of anilines is 1. The minimum atomic E-state index is 0.207. The quantitative estimate of drug-likeness (QED) is 0.434. The summed E-state index contributed by atoms with van der Waals surface area (Å²) in [4.78, 5) is 34.1. The summed E-state index contributed by atoms with van der Waals surface area (Å²) >= 11 is 0. The summed E-state index contributed by atoms with van der Waals surface area (Å²) in [7, 11) is 0. The topological polar surface area (TPSA) is 78.0 Å². The van der Waals surface area contributed by atoms with Crippen molar-refractivity contribution in [1.82, 2.24) is 24.8 Å². The van der Waals surface area contributed by atoms with Crippen LogP contribution in [0.3, 0.4) is 0 Å². The fourth-order valence-corrected chi connectivity index (χ4v) is 4.54. The van der Waals surface area contributed by atoms with Gasteiger partial charge in [-0.1, -0.05) is 54.1 Å². The van der Waals surface area contributed by atoms with Gasteiger partial charge in [-0.3, -0.25) is 4.79 Å². The third kappa shape index (κ3) is 5.40. The minimum Gasteiger partial charge on any atom is -0.341 e. The molecule has 1 fully saturated rings. The molecule has 7 heteroatoms. The number of aromatic amines is 1. The van der Waals surface area contributed by atoms with Gasteiger partial charge in [0.25, 0.3) is 0 Å². The van der Waals surface area contributed by atoms with Gasteiger partial charge < -0.3 is 14.8 Å². The molecule has 0 bridgehead atoms. The van der Waals surface area contributed by atoms with E-state index < -0.39 is 0 Å². The molecule has 7 nitrogen and oxygen atoms in total. The van der Waals surface area contributed by atoms with Gasteiger partial charge in [-0.25, -0.2) is 15.0 Å². The lowest BCUT2D eigenvalue weighted by atomic mass is 10.1. The van der Waals surface area contributed by atoms with Gasteiger partial charge in [0.05, 0.1) is 5.69 Å². The van der Waals surface area contributed by atoms with Crippen molar-refractivity contribution in [3.8, 4) is 22.6 Å². The van der Waals surface area contributed by atoms with E-state index in [9.17, 15) is 4.79 Å². The third-order valence-electron chi connectivity index (χ3n) is 6.40. The van der Waals surface area contributed by atoms with E-state index in [1.54, 1.807) is 12.4 Å². The van der Waals surface area contributed by atoms with E-state index in [-0.39, 0.29) is 5.91 Å². The summed E-state index contributed by atoms with van der Waals surface area (Å²) in [6.45, 7) is 5.01. The number of aryl methyl sites for hydroxylation is 2. The Morgan fingerprint density at radius 3 is 2.40 bits per heavy atom. The number of aromatic nitrogens is 4. The van der Waals surface area contributed by atoms with Crippen LogP contribution in [0.1, 0.15) is 24.1 Å². The Kier molecular flexibility index (Phi) is 6.84. The van der Waals surface area contributed by atoms with E-state index in [0.29, 0.717) is 19.5 Å². The summed E-state index contributed by atoms with van der Waals surface area (Å²) in [6, 6.07) is 20.4. The van der Waals surface area contributed by atoms with Crippen molar-refractivity contribution in [1.29, 1.82) is 0 Å². The molecule has 2 aromatic carbocycles. The van der Waals surface area contributed by atoms with Gasteiger partial charge in [-0.05, 0) is 31.9 Å². The SMILES string of the molecule is Cc1cccc(-c2nc(-c3ccccc3)c(CCCC(=O)N3CCN(c4ncccn4)CC3)[nH]2)c1. The molecule has 0 atom stereocenters. The van der Waals surface area contributed by atoms with E-state index >= 15 is 0 Å². The Morgan fingerprint density at radius 1 is 0.914 bits per heavy atom. The second-order valence-corrected chi connectivity index (χ2v) is 8.92. The van der Waals surface area contributed by atoms with Crippen molar-refractivity contribution in [3.05, 3.63) is 84.3 Å². The van der Waals surface area contributed by atoms with Crippen LogP contribution in [-0.4, -0.2) is 56.9 Å². The van der Waals surface area contributed by atoms with Crippen LogP contribution in [0.15, 0.2) is 73.1 Å². The number of nitrogens with zero attached hydrogens (tertiary/aromatic N) is 5. The van der Waals surface area contributed by atoms with Crippen molar-refractivity contribution in [2.75, 3.05) is 31.1 Å². The minimum absolute atomic E-state index is 0.207. The highest BCUT2D eigenvalue weighted by molar-refractivity contribution is 5.76. The second kappa shape index (κ2) is 10.5. The maximum Gasteiger partial charge on any atom is 0.225 e. The van der Waals surface area contributed by atoms with Crippen molar-refractivity contribution in [2.24, 2.45) is 0 Å². The van der Waals surface area contributed by atoms with Gasteiger partial charge in [-0.2, -0.15) is 0 Å². The van der Waals surface area contributed by atoms with Gasteiger partial charge >= 0.3 is 0 Å². The normalized spacial score (nSPS) is 13.7. The molecule has 4 aromatic rings. The molecule has 178 valence electrons. The smallest absolute Gasteiger partial charge is 0.225 e. The lowest BCUT2D eigenvalue weighted by Crippen LogP contribution is -2.49. The molecule has 5 rings (SSSR count). The van der Waals surface area contributed by atoms with Crippen LogP contribution in [-0.2, 0) is 11.2 Å². The number of amides is 1. The van der Waals surface area contributed by atoms with Crippen LogP contribution in [0.25, 0.3) is 22.6 Å². The van der Waals surface area contributed by atoms with E-state index in [1.807, 2.05) is 29.2 Å². The Hall–Kier alpha value is -4.00. The van der Waals surface area contributed by atoms with E-state index in [4.69, 9.17) is 4.98 Å². The van der Waals surface area contributed by atoms with Crippen molar-refractivity contribution < 1.29 is 4.79 Å². The first kappa shape index (κ1) is 22.8. The van der Waals surface area contributed by atoms with Crippen LogP contribution in [0.2, 0.25) is 0 Å². The number of hydrogen-bond donors (Lipinski definition) is 1. The summed E-state index contributed by atoms with van der Waals surface area (Å²) in [5, 5.41) is 0. The summed E-state index contributed by atoms with van der Waals surface area (Å²) < 4.78 is 0. The Balaban J connectivity index is 1.23. The number of imidazole rings is 1. The summed E-state index contributed by atoms with van der Waals surface area (Å²) in [5.74, 6) is 1.81. The number of benzene rings is 2. The van der Waals surface area contributed by atoms with Crippen molar-refractivity contribution >= 4 is 11.9 Å². The molecule has 35 heavy (non-hydrogen) atoms. The molecule has 0 saturated carbocycles. The standard InChI is InChI=1S/C28H30N6O/c1-21-8-5-11-23(20-21)27-31-24(26(32-27)22-9-3-2-4-10-22)12-6-13-25(35)33-16-18-34(19-17-33)28-29-14-7-15-30-28/h2-5,7-11,14-15,20H,6,12-13,16-19H2,1H3,(H,31,32). The highest BCUT2D eigenvalue weighted by Gasteiger charge is 2.22. The number of nitrogens with one attached hydrogen (secondary N) is 1. The predicted molar refractivity (Wildman–Crippen MR) is 138 cm³/mol. The number of H-pyrrole nitrogens is 1. The lowest BCUT2D eigenvalue weighted by Gasteiger charge is -2.34. The Bertz CT molecular complexity index is 1260. The second-order valence-electron chi connectivity index (χ2n) is 8.92. The molecule has 1 N–H and O–H groups in total. The molecule has 0 aliphatic carbocycles. The first-order valence-electron chi connectivity index (χ1n) is 12.2. The van der Waals surface area contributed by atoms with E-state index in [1.165, 1.54) is 5.56 Å². The Labute approximate surface area is 205 Å². The first-order valence-corrected chi connectivity index (χ1v) is 12.2. The zero-order chi connectivity index (χ0) is 24.0. The molecule has 1 aliphatic rings. The van der Waals surface area contributed by atoms with Crippen LogP contribution in [0.4, 0.5) is 5.95 Å². The Morgan fingerprint density at radius 2 is 1.66 bits per heavy atom. The van der Waals surface area contributed by atoms with Gasteiger partial charge in [0.1, 0.15) is 5.82 Å².